The smallest absolute Gasteiger partial charge is 0.274 e. The molecule has 1 aromatic carbocycles. The SMILES string of the molecule is Cc1cc(C(=O)Nc2cccc(C3(Cc4nncn4C)COC3)c2)nc(C2CCC2)n1. The summed E-state index contributed by atoms with van der Waals surface area (Å²) in [6, 6.07) is 9.72. The average molecular weight is 419 g/mol. The van der Waals surface area contributed by atoms with Crippen LogP contribution in [0.1, 0.15) is 58.6 Å². The van der Waals surface area contributed by atoms with Crippen molar-refractivity contribution in [2.24, 2.45) is 7.05 Å². The predicted octanol–water partition coefficient (Wildman–Crippen LogP) is 2.94. The van der Waals surface area contributed by atoms with E-state index in [1.807, 2.05) is 36.7 Å². The molecule has 0 unspecified atom stereocenters. The van der Waals surface area contributed by atoms with Gasteiger partial charge in [0.2, 0.25) is 0 Å². The number of aromatic nitrogens is 5. The van der Waals surface area contributed by atoms with Crippen LogP contribution >= 0.6 is 0 Å². The number of nitrogens with zero attached hydrogens (tertiary/aromatic N) is 5. The summed E-state index contributed by atoms with van der Waals surface area (Å²) in [6.07, 6.45) is 5.85. The lowest BCUT2D eigenvalue weighted by molar-refractivity contribution is -0.0610. The molecule has 0 atom stereocenters. The number of hydrogen-bond donors (Lipinski definition) is 1. The summed E-state index contributed by atoms with van der Waals surface area (Å²) >= 11 is 0. The normalized spacial score (nSPS) is 17.6. The maximum atomic E-state index is 12.9. The van der Waals surface area contributed by atoms with Gasteiger partial charge in [0.1, 0.15) is 23.7 Å². The fraction of sp³-hybridized carbons (Fsp3) is 0.435. The molecule has 1 aliphatic heterocycles. The highest BCUT2D eigenvalue weighted by molar-refractivity contribution is 6.03. The Balaban J connectivity index is 1.36. The van der Waals surface area contributed by atoms with E-state index in [2.05, 4.69) is 31.5 Å². The number of hydrogen-bond acceptors (Lipinski definition) is 6. The van der Waals surface area contributed by atoms with E-state index in [1.54, 1.807) is 12.4 Å². The van der Waals surface area contributed by atoms with Gasteiger partial charge in [-0.2, -0.15) is 0 Å². The van der Waals surface area contributed by atoms with E-state index in [0.717, 1.165) is 47.9 Å². The average Bonchev–Trinajstić information content (AvgIpc) is 3.07. The van der Waals surface area contributed by atoms with E-state index < -0.39 is 0 Å². The zero-order chi connectivity index (χ0) is 21.4. The largest absolute Gasteiger partial charge is 0.379 e. The van der Waals surface area contributed by atoms with Crippen molar-refractivity contribution in [1.29, 1.82) is 0 Å². The van der Waals surface area contributed by atoms with Gasteiger partial charge in [-0.1, -0.05) is 18.6 Å². The molecular formula is C23H26N6O2. The topological polar surface area (TPSA) is 94.8 Å². The monoisotopic (exact) mass is 418 g/mol. The number of carbonyl (C=O) groups is 1. The van der Waals surface area contributed by atoms with Crippen LogP contribution in [0.4, 0.5) is 5.69 Å². The van der Waals surface area contributed by atoms with Crippen LogP contribution in [-0.4, -0.2) is 43.9 Å². The van der Waals surface area contributed by atoms with Crippen molar-refractivity contribution in [3.63, 3.8) is 0 Å². The summed E-state index contributed by atoms with van der Waals surface area (Å²) in [7, 11) is 1.95. The molecule has 3 heterocycles. The number of amides is 1. The molecule has 2 aromatic heterocycles. The van der Waals surface area contributed by atoms with Gasteiger partial charge in [0.05, 0.1) is 13.2 Å². The van der Waals surface area contributed by atoms with Crippen LogP contribution in [0.2, 0.25) is 0 Å². The second-order valence-electron chi connectivity index (χ2n) is 8.72. The third-order valence-corrected chi connectivity index (χ3v) is 6.37. The zero-order valence-electron chi connectivity index (χ0n) is 17.8. The second kappa shape index (κ2) is 7.85. The summed E-state index contributed by atoms with van der Waals surface area (Å²) < 4.78 is 7.51. The highest BCUT2D eigenvalue weighted by Gasteiger charge is 2.41. The van der Waals surface area contributed by atoms with Crippen molar-refractivity contribution in [1.82, 2.24) is 24.7 Å². The maximum absolute atomic E-state index is 12.9. The van der Waals surface area contributed by atoms with Crippen molar-refractivity contribution in [3.05, 3.63) is 65.3 Å². The van der Waals surface area contributed by atoms with Gasteiger partial charge in [0.25, 0.3) is 5.91 Å². The number of carbonyl (C=O) groups excluding carboxylic acids is 1. The van der Waals surface area contributed by atoms with Crippen LogP contribution in [0.15, 0.2) is 36.7 Å². The Morgan fingerprint density at radius 1 is 1.26 bits per heavy atom. The van der Waals surface area contributed by atoms with Gasteiger partial charge in [-0.3, -0.25) is 4.79 Å². The van der Waals surface area contributed by atoms with E-state index in [0.29, 0.717) is 24.8 Å². The summed E-state index contributed by atoms with van der Waals surface area (Å²) in [4.78, 5) is 22.0. The third kappa shape index (κ3) is 3.83. The van der Waals surface area contributed by atoms with Gasteiger partial charge in [-0.25, -0.2) is 9.97 Å². The minimum absolute atomic E-state index is 0.162. The summed E-state index contributed by atoms with van der Waals surface area (Å²) in [5, 5.41) is 11.2. The lowest BCUT2D eigenvalue weighted by Crippen LogP contribution is -2.49. The molecule has 1 saturated heterocycles. The Morgan fingerprint density at radius 2 is 2.10 bits per heavy atom. The van der Waals surface area contributed by atoms with E-state index >= 15 is 0 Å². The van der Waals surface area contributed by atoms with E-state index in [9.17, 15) is 4.79 Å². The quantitative estimate of drug-likeness (QED) is 0.661. The van der Waals surface area contributed by atoms with Crippen LogP contribution in [0.25, 0.3) is 0 Å². The minimum atomic E-state index is -0.213. The molecule has 1 saturated carbocycles. The molecule has 1 N–H and O–H groups in total. The predicted molar refractivity (Wildman–Crippen MR) is 115 cm³/mol. The minimum Gasteiger partial charge on any atom is -0.379 e. The van der Waals surface area contributed by atoms with Crippen molar-refractivity contribution in [3.8, 4) is 0 Å². The van der Waals surface area contributed by atoms with Gasteiger partial charge in [0.15, 0.2) is 0 Å². The van der Waals surface area contributed by atoms with E-state index in [4.69, 9.17) is 4.74 Å². The molecule has 31 heavy (non-hydrogen) atoms. The highest BCUT2D eigenvalue weighted by Crippen LogP contribution is 2.37. The van der Waals surface area contributed by atoms with Crippen LogP contribution in [0.3, 0.4) is 0 Å². The first-order valence-corrected chi connectivity index (χ1v) is 10.7. The Kier molecular flexibility index (Phi) is 5.02. The molecule has 1 aliphatic carbocycles. The highest BCUT2D eigenvalue weighted by atomic mass is 16.5. The molecular weight excluding hydrogens is 392 g/mol. The van der Waals surface area contributed by atoms with Crippen molar-refractivity contribution in [2.45, 2.75) is 43.9 Å². The molecule has 1 amide bonds. The zero-order valence-corrected chi connectivity index (χ0v) is 17.8. The first-order chi connectivity index (χ1) is 15.0. The van der Waals surface area contributed by atoms with Gasteiger partial charge in [-0.15, -0.1) is 10.2 Å². The van der Waals surface area contributed by atoms with Gasteiger partial charge < -0.3 is 14.6 Å². The van der Waals surface area contributed by atoms with Crippen molar-refractivity contribution in [2.75, 3.05) is 18.5 Å². The van der Waals surface area contributed by atoms with Crippen LogP contribution in [0, 0.1) is 6.92 Å². The maximum Gasteiger partial charge on any atom is 0.274 e. The fourth-order valence-corrected chi connectivity index (χ4v) is 4.17. The van der Waals surface area contributed by atoms with E-state index in [-0.39, 0.29) is 11.3 Å². The Hall–Kier alpha value is -3.13. The van der Waals surface area contributed by atoms with Gasteiger partial charge in [-0.05, 0) is 43.5 Å². The van der Waals surface area contributed by atoms with Gasteiger partial charge in [0, 0.05) is 36.2 Å². The van der Waals surface area contributed by atoms with Crippen molar-refractivity contribution < 1.29 is 9.53 Å². The molecule has 5 rings (SSSR count). The number of rotatable bonds is 6. The molecule has 8 nitrogen and oxygen atoms in total. The number of benzene rings is 1. The fourth-order valence-electron chi connectivity index (χ4n) is 4.17. The third-order valence-electron chi connectivity index (χ3n) is 6.37. The molecule has 2 aliphatic rings. The summed E-state index contributed by atoms with van der Waals surface area (Å²) in [6.45, 7) is 3.15. The molecule has 8 heteroatoms. The second-order valence-corrected chi connectivity index (χ2v) is 8.72. The Morgan fingerprint density at radius 3 is 2.74 bits per heavy atom. The number of nitrogens with one attached hydrogen (secondary N) is 1. The summed E-state index contributed by atoms with van der Waals surface area (Å²) in [5.41, 5.74) is 2.94. The first kappa shape index (κ1) is 19.8. The Labute approximate surface area is 181 Å². The van der Waals surface area contributed by atoms with E-state index in [1.165, 1.54) is 6.42 Å². The van der Waals surface area contributed by atoms with Crippen molar-refractivity contribution >= 4 is 11.6 Å². The molecule has 0 spiro atoms. The molecule has 160 valence electrons. The molecule has 2 fully saturated rings. The number of ether oxygens (including phenoxy) is 1. The van der Waals surface area contributed by atoms with Crippen LogP contribution in [-0.2, 0) is 23.6 Å². The molecule has 3 aromatic rings. The standard InChI is InChI=1S/C23H26N6O2/c1-15-9-19(27-21(25-15)16-5-3-6-16)22(30)26-18-8-4-7-17(10-18)23(12-31-13-23)11-20-28-24-14-29(20)2/h4,7-10,14,16H,3,5-6,11-13H2,1-2H3,(H,26,30). The number of anilines is 1. The molecule has 0 radical (unpaired) electrons. The Bertz CT molecular complexity index is 1120. The van der Waals surface area contributed by atoms with Crippen LogP contribution < -0.4 is 5.32 Å². The lowest BCUT2D eigenvalue weighted by atomic mass is 9.75. The number of aryl methyl sites for hydroxylation is 2. The molecule has 0 bridgehead atoms. The van der Waals surface area contributed by atoms with Crippen LogP contribution in [0.5, 0.6) is 0 Å². The summed E-state index contributed by atoms with van der Waals surface area (Å²) in [5.74, 6) is 1.88. The van der Waals surface area contributed by atoms with Gasteiger partial charge >= 0.3 is 0 Å². The first-order valence-electron chi connectivity index (χ1n) is 10.7. The lowest BCUT2D eigenvalue weighted by Gasteiger charge is -2.41.